The maximum Gasteiger partial charge on any atom is 0.289 e. The Labute approximate surface area is 263 Å². The standard InChI is InChI=1S/C33H57N5O6/c1-9-14-24(27(40)30(42)34-17-10-2)35-29(41)25-18-23(20(3)4)19-38(25)31(43)28(33(6,7)8)37-32(44)36-26(21(5)39)22-15-12-11-13-16-22/h10,20,22-26,28,32,36-37,44H,2,9,11-19H2,1,3-8H3,(H,34,42)(H,35,41)/t23-,24?,25+,26-,28-,32?/m1/s1. The molecule has 11 heteroatoms. The lowest BCUT2D eigenvalue weighted by Gasteiger charge is -2.38. The van der Waals surface area contributed by atoms with E-state index in [2.05, 4.69) is 27.8 Å². The average molecular weight is 620 g/mol. The summed E-state index contributed by atoms with van der Waals surface area (Å²) in [5.74, 6) is -2.05. The number of Topliss-reactive ketones (excluding diaryl/α,β-unsaturated/α-hetero) is 2. The number of aliphatic hydroxyl groups is 1. The predicted octanol–water partition coefficient (Wildman–Crippen LogP) is 2.42. The molecule has 250 valence electrons. The van der Waals surface area contributed by atoms with E-state index in [0.29, 0.717) is 19.4 Å². The van der Waals surface area contributed by atoms with Gasteiger partial charge in [-0.25, -0.2) is 0 Å². The molecule has 0 radical (unpaired) electrons. The number of ketones is 2. The maximum absolute atomic E-state index is 14.2. The first kappa shape index (κ1) is 37.6. The molecule has 0 bridgehead atoms. The van der Waals surface area contributed by atoms with E-state index >= 15 is 0 Å². The molecule has 5 N–H and O–H groups in total. The first-order valence-corrected chi connectivity index (χ1v) is 16.4. The van der Waals surface area contributed by atoms with Crippen LogP contribution < -0.4 is 21.3 Å². The second-order valence-electron chi connectivity index (χ2n) is 14.0. The Morgan fingerprint density at radius 1 is 1.02 bits per heavy atom. The molecule has 1 saturated heterocycles. The zero-order valence-electron chi connectivity index (χ0n) is 27.9. The van der Waals surface area contributed by atoms with Crippen molar-refractivity contribution in [3.05, 3.63) is 12.7 Å². The number of nitrogens with one attached hydrogen (secondary N) is 4. The molecule has 1 aliphatic carbocycles. The van der Waals surface area contributed by atoms with Crippen LogP contribution in [0.5, 0.6) is 0 Å². The third-order valence-corrected chi connectivity index (χ3v) is 9.04. The SMILES string of the molecule is C=CCNC(=O)C(=O)C(CCC)NC(=O)[C@@H]1C[C@@H](C(C)C)CN1C(=O)[C@@H](NC(O)N[C@H](C(C)=O)C1CCCCC1)C(C)(C)C. The number of carbonyl (C=O) groups excluding carboxylic acids is 5. The average Bonchev–Trinajstić information content (AvgIpc) is 3.42. The van der Waals surface area contributed by atoms with Crippen LogP contribution in [0.2, 0.25) is 0 Å². The fourth-order valence-electron chi connectivity index (χ4n) is 6.37. The van der Waals surface area contributed by atoms with Crippen LogP contribution in [0.25, 0.3) is 0 Å². The normalized spacial score (nSPS) is 22.2. The lowest BCUT2D eigenvalue weighted by molar-refractivity contribution is -0.145. The number of likely N-dealkylation sites (tertiary alicyclic amines) is 1. The number of amides is 3. The van der Waals surface area contributed by atoms with Gasteiger partial charge in [-0.3, -0.25) is 34.6 Å². The predicted molar refractivity (Wildman–Crippen MR) is 170 cm³/mol. The third kappa shape index (κ3) is 10.5. The van der Waals surface area contributed by atoms with Crippen LogP contribution in [0.3, 0.4) is 0 Å². The second-order valence-corrected chi connectivity index (χ2v) is 14.0. The molecular formula is C33H57N5O6. The summed E-state index contributed by atoms with van der Waals surface area (Å²) in [4.78, 5) is 67.3. The summed E-state index contributed by atoms with van der Waals surface area (Å²) >= 11 is 0. The topological polar surface area (TPSA) is 157 Å². The van der Waals surface area contributed by atoms with Crippen molar-refractivity contribution in [2.75, 3.05) is 13.1 Å². The van der Waals surface area contributed by atoms with E-state index in [9.17, 15) is 29.1 Å². The first-order chi connectivity index (χ1) is 20.6. The second kappa shape index (κ2) is 17.2. The van der Waals surface area contributed by atoms with Gasteiger partial charge in [0, 0.05) is 13.1 Å². The summed E-state index contributed by atoms with van der Waals surface area (Å²) in [5, 5.41) is 22.4. The van der Waals surface area contributed by atoms with Gasteiger partial charge < -0.3 is 20.6 Å². The van der Waals surface area contributed by atoms with Crippen molar-refractivity contribution < 1.29 is 29.1 Å². The van der Waals surface area contributed by atoms with Crippen LogP contribution in [0.15, 0.2) is 12.7 Å². The van der Waals surface area contributed by atoms with Crippen molar-refractivity contribution in [2.45, 2.75) is 130 Å². The fraction of sp³-hybridized carbons (Fsp3) is 0.788. The Morgan fingerprint density at radius 2 is 1.66 bits per heavy atom. The molecule has 44 heavy (non-hydrogen) atoms. The molecule has 11 nitrogen and oxygen atoms in total. The smallest absolute Gasteiger partial charge is 0.289 e. The molecule has 1 heterocycles. The van der Waals surface area contributed by atoms with Crippen molar-refractivity contribution in [1.82, 2.24) is 26.2 Å². The summed E-state index contributed by atoms with van der Waals surface area (Å²) in [6.07, 6.45) is 6.44. The molecule has 1 saturated carbocycles. The number of hydrogen-bond donors (Lipinski definition) is 5. The van der Waals surface area contributed by atoms with Crippen LogP contribution in [-0.4, -0.2) is 82.9 Å². The molecular weight excluding hydrogens is 562 g/mol. The summed E-state index contributed by atoms with van der Waals surface area (Å²) in [5.41, 5.74) is -0.656. The van der Waals surface area contributed by atoms with Gasteiger partial charge in [0.2, 0.25) is 17.6 Å². The van der Waals surface area contributed by atoms with Crippen LogP contribution in [0, 0.1) is 23.2 Å². The highest BCUT2D eigenvalue weighted by Gasteiger charge is 2.46. The monoisotopic (exact) mass is 619 g/mol. The van der Waals surface area contributed by atoms with E-state index in [0.717, 1.165) is 32.1 Å². The molecule has 0 aromatic carbocycles. The quantitative estimate of drug-likeness (QED) is 0.100. The summed E-state index contributed by atoms with van der Waals surface area (Å²) in [6.45, 7) is 17.1. The number of rotatable bonds is 16. The Kier molecular flexibility index (Phi) is 14.7. The largest absolute Gasteiger partial charge is 0.365 e. The van der Waals surface area contributed by atoms with Gasteiger partial charge in [-0.1, -0.05) is 73.3 Å². The van der Waals surface area contributed by atoms with Gasteiger partial charge in [0.15, 0.2) is 6.35 Å². The zero-order valence-corrected chi connectivity index (χ0v) is 27.9. The van der Waals surface area contributed by atoms with Crippen LogP contribution >= 0.6 is 0 Å². The van der Waals surface area contributed by atoms with Gasteiger partial charge in [-0.2, -0.15) is 0 Å². The minimum Gasteiger partial charge on any atom is -0.365 e. The Bertz CT molecular complexity index is 1020. The molecule has 2 rings (SSSR count). The summed E-state index contributed by atoms with van der Waals surface area (Å²) in [6, 6.07) is -3.27. The van der Waals surface area contributed by atoms with E-state index in [4.69, 9.17) is 0 Å². The molecule has 0 spiro atoms. The first-order valence-electron chi connectivity index (χ1n) is 16.4. The van der Waals surface area contributed by atoms with Gasteiger partial charge in [-0.05, 0) is 55.8 Å². The molecule has 0 aromatic rings. The van der Waals surface area contributed by atoms with Crippen molar-refractivity contribution >= 4 is 29.3 Å². The van der Waals surface area contributed by atoms with Crippen molar-refractivity contribution in [2.24, 2.45) is 23.2 Å². The van der Waals surface area contributed by atoms with Crippen LogP contribution in [0.1, 0.15) is 99.8 Å². The molecule has 6 atom stereocenters. The fourth-order valence-corrected chi connectivity index (χ4v) is 6.37. The molecule has 3 amide bonds. The van der Waals surface area contributed by atoms with Crippen molar-refractivity contribution in [3.63, 3.8) is 0 Å². The Balaban J connectivity index is 2.27. The van der Waals surface area contributed by atoms with E-state index in [1.807, 2.05) is 41.5 Å². The van der Waals surface area contributed by atoms with Crippen LogP contribution in [0.4, 0.5) is 0 Å². The number of aliphatic hydroxyl groups excluding tert-OH is 1. The molecule has 1 aliphatic heterocycles. The highest BCUT2D eigenvalue weighted by Crippen LogP contribution is 2.32. The molecule has 2 fully saturated rings. The Hall–Kier alpha value is -2.63. The van der Waals surface area contributed by atoms with Crippen molar-refractivity contribution in [1.29, 1.82) is 0 Å². The number of nitrogens with zero attached hydrogens (tertiary/aromatic N) is 1. The number of hydrogen-bond acceptors (Lipinski definition) is 8. The van der Waals surface area contributed by atoms with Gasteiger partial charge in [-0.15, -0.1) is 6.58 Å². The van der Waals surface area contributed by atoms with E-state index in [1.54, 1.807) is 4.90 Å². The maximum atomic E-state index is 14.2. The summed E-state index contributed by atoms with van der Waals surface area (Å²) < 4.78 is 0. The highest BCUT2D eigenvalue weighted by molar-refractivity contribution is 6.38. The minimum absolute atomic E-state index is 0.0444. The minimum atomic E-state index is -1.32. The van der Waals surface area contributed by atoms with Gasteiger partial charge in [0.05, 0.1) is 18.1 Å². The molecule has 0 aromatic heterocycles. The third-order valence-electron chi connectivity index (χ3n) is 9.04. The Morgan fingerprint density at radius 3 is 2.18 bits per heavy atom. The lowest BCUT2D eigenvalue weighted by atomic mass is 9.82. The van der Waals surface area contributed by atoms with Crippen LogP contribution in [-0.2, 0) is 24.0 Å². The van der Waals surface area contributed by atoms with E-state index in [-0.39, 0.29) is 42.4 Å². The summed E-state index contributed by atoms with van der Waals surface area (Å²) in [7, 11) is 0. The lowest BCUT2D eigenvalue weighted by Crippen LogP contribution is -2.63. The zero-order chi connectivity index (χ0) is 33.2. The van der Waals surface area contributed by atoms with E-state index < -0.39 is 53.5 Å². The molecule has 2 unspecified atom stereocenters. The van der Waals surface area contributed by atoms with Gasteiger partial charge in [0.1, 0.15) is 11.8 Å². The van der Waals surface area contributed by atoms with Gasteiger partial charge >= 0.3 is 0 Å². The van der Waals surface area contributed by atoms with E-state index in [1.165, 1.54) is 13.0 Å². The molecule has 2 aliphatic rings. The van der Waals surface area contributed by atoms with Crippen molar-refractivity contribution in [3.8, 4) is 0 Å². The number of carbonyl (C=O) groups is 5. The van der Waals surface area contributed by atoms with Gasteiger partial charge in [0.25, 0.3) is 5.91 Å². The highest BCUT2D eigenvalue weighted by atomic mass is 16.3.